The third kappa shape index (κ3) is 10.5. The van der Waals surface area contributed by atoms with E-state index in [1.807, 2.05) is 6.92 Å². The molecule has 4 unspecified atom stereocenters. The second-order valence-corrected chi connectivity index (χ2v) is 6.78. The van der Waals surface area contributed by atoms with Crippen LogP contribution in [0.3, 0.4) is 0 Å². The van der Waals surface area contributed by atoms with Crippen molar-refractivity contribution in [2.24, 2.45) is 11.7 Å². The van der Waals surface area contributed by atoms with Gasteiger partial charge < -0.3 is 21.1 Å². The van der Waals surface area contributed by atoms with Gasteiger partial charge in [-0.25, -0.2) is 0 Å². The summed E-state index contributed by atoms with van der Waals surface area (Å²) in [6.45, 7) is 3.88. The first kappa shape index (κ1) is 21.8. The number of unbranched alkanes of at least 4 members (excludes halogenated alkanes) is 9. The molecular formula is C18H39NO3. The van der Waals surface area contributed by atoms with Gasteiger partial charge in [0.1, 0.15) is 0 Å². The van der Waals surface area contributed by atoms with E-state index in [0.29, 0.717) is 0 Å². The molecule has 22 heavy (non-hydrogen) atoms. The van der Waals surface area contributed by atoms with Crippen LogP contribution >= 0.6 is 0 Å². The van der Waals surface area contributed by atoms with E-state index < -0.39 is 18.2 Å². The molecule has 0 saturated heterocycles. The minimum absolute atomic E-state index is 0.0154. The predicted molar refractivity (Wildman–Crippen MR) is 92.7 cm³/mol. The third-order valence-electron chi connectivity index (χ3n) is 4.60. The van der Waals surface area contributed by atoms with Crippen molar-refractivity contribution < 1.29 is 15.3 Å². The number of rotatable bonds is 15. The summed E-state index contributed by atoms with van der Waals surface area (Å²) in [6, 6.07) is -0.759. The molecule has 0 aromatic carbocycles. The van der Waals surface area contributed by atoms with Crippen molar-refractivity contribution in [3.8, 4) is 0 Å². The molecule has 0 radical (unpaired) electrons. The van der Waals surface area contributed by atoms with Crippen LogP contribution < -0.4 is 5.73 Å². The maximum atomic E-state index is 9.99. The molecule has 0 rings (SSSR count). The summed E-state index contributed by atoms with van der Waals surface area (Å²) in [6.07, 6.45) is 12.0. The summed E-state index contributed by atoms with van der Waals surface area (Å²) in [5, 5.41) is 28.7. The number of aliphatic hydroxyl groups is 3. The molecule has 0 fully saturated rings. The van der Waals surface area contributed by atoms with Gasteiger partial charge in [0.25, 0.3) is 0 Å². The van der Waals surface area contributed by atoms with Crippen molar-refractivity contribution in [1.29, 1.82) is 0 Å². The van der Waals surface area contributed by atoms with Crippen LogP contribution in [0, 0.1) is 5.92 Å². The van der Waals surface area contributed by atoms with E-state index in [2.05, 4.69) is 6.92 Å². The lowest BCUT2D eigenvalue weighted by Crippen LogP contribution is -2.47. The Kier molecular flexibility index (Phi) is 14.3. The summed E-state index contributed by atoms with van der Waals surface area (Å²) in [5.41, 5.74) is 5.55. The average Bonchev–Trinajstić information content (AvgIpc) is 2.54. The minimum atomic E-state index is -1.04. The summed E-state index contributed by atoms with van der Waals surface area (Å²) in [4.78, 5) is 0. The highest BCUT2D eigenvalue weighted by molar-refractivity contribution is 4.81. The van der Waals surface area contributed by atoms with E-state index in [-0.39, 0.29) is 12.5 Å². The minimum Gasteiger partial charge on any atom is -0.395 e. The van der Waals surface area contributed by atoms with Gasteiger partial charge in [-0.3, -0.25) is 0 Å². The van der Waals surface area contributed by atoms with E-state index in [0.717, 1.165) is 12.8 Å². The van der Waals surface area contributed by atoms with E-state index >= 15 is 0 Å². The molecule has 0 spiro atoms. The monoisotopic (exact) mass is 317 g/mol. The zero-order valence-electron chi connectivity index (χ0n) is 14.7. The Hall–Kier alpha value is -0.160. The van der Waals surface area contributed by atoms with E-state index in [9.17, 15) is 10.2 Å². The van der Waals surface area contributed by atoms with Gasteiger partial charge >= 0.3 is 0 Å². The van der Waals surface area contributed by atoms with Crippen LogP contribution in [0.5, 0.6) is 0 Å². The van der Waals surface area contributed by atoms with Gasteiger partial charge in [-0.15, -0.1) is 0 Å². The van der Waals surface area contributed by atoms with Crippen LogP contribution in [0.15, 0.2) is 0 Å². The summed E-state index contributed by atoms with van der Waals surface area (Å²) < 4.78 is 0. The molecule has 0 heterocycles. The highest BCUT2D eigenvalue weighted by Gasteiger charge is 2.27. The quantitative estimate of drug-likeness (QED) is 0.350. The van der Waals surface area contributed by atoms with E-state index in [1.54, 1.807) is 0 Å². The molecule has 0 amide bonds. The Morgan fingerprint density at radius 1 is 0.773 bits per heavy atom. The van der Waals surface area contributed by atoms with Crippen LogP contribution in [0.4, 0.5) is 0 Å². The van der Waals surface area contributed by atoms with Crippen LogP contribution in [-0.2, 0) is 0 Å². The maximum Gasteiger partial charge on any atom is 0.0974 e. The van der Waals surface area contributed by atoms with Gasteiger partial charge in [-0.1, -0.05) is 78.1 Å². The molecule has 0 aromatic rings. The Morgan fingerprint density at radius 3 is 1.68 bits per heavy atom. The lowest BCUT2D eigenvalue weighted by molar-refractivity contribution is -0.0360. The van der Waals surface area contributed by atoms with E-state index in [4.69, 9.17) is 10.8 Å². The molecule has 5 N–H and O–H groups in total. The summed E-state index contributed by atoms with van der Waals surface area (Å²) >= 11 is 0. The largest absolute Gasteiger partial charge is 0.395 e. The fourth-order valence-corrected chi connectivity index (χ4v) is 2.82. The van der Waals surface area contributed by atoms with Crippen molar-refractivity contribution in [3.63, 3.8) is 0 Å². The molecular weight excluding hydrogens is 278 g/mol. The fraction of sp³-hybridized carbons (Fsp3) is 1.00. The first-order chi connectivity index (χ1) is 10.5. The normalized spacial score (nSPS) is 17.2. The van der Waals surface area contributed by atoms with Gasteiger partial charge in [0.2, 0.25) is 0 Å². The van der Waals surface area contributed by atoms with Crippen molar-refractivity contribution >= 4 is 0 Å². The van der Waals surface area contributed by atoms with Crippen molar-refractivity contribution in [2.45, 2.75) is 103 Å². The predicted octanol–water partition coefficient (Wildman–Crippen LogP) is 2.97. The van der Waals surface area contributed by atoms with Gasteiger partial charge in [-0.2, -0.15) is 0 Å². The number of nitrogens with two attached hydrogens (primary N) is 1. The zero-order chi connectivity index (χ0) is 16.8. The SMILES string of the molecule is CCCCCCCCCCCCC(C)C(O)C(O)C(N)CO. The number of hydrogen-bond donors (Lipinski definition) is 4. The van der Waals surface area contributed by atoms with Gasteiger partial charge in [0.15, 0.2) is 0 Å². The smallest absolute Gasteiger partial charge is 0.0974 e. The van der Waals surface area contributed by atoms with Crippen LogP contribution in [-0.4, -0.2) is 40.2 Å². The number of aliphatic hydroxyl groups excluding tert-OH is 3. The third-order valence-corrected chi connectivity index (χ3v) is 4.60. The standard InChI is InChI=1S/C18H39NO3/c1-3-4-5-6-7-8-9-10-11-12-13-15(2)17(21)18(22)16(19)14-20/h15-18,20-22H,3-14,19H2,1-2H3. The first-order valence-corrected chi connectivity index (χ1v) is 9.27. The molecule has 0 aliphatic rings. The Bertz CT molecular complexity index is 238. The molecule has 0 bridgehead atoms. The molecule has 4 nitrogen and oxygen atoms in total. The lowest BCUT2D eigenvalue weighted by Gasteiger charge is -2.27. The first-order valence-electron chi connectivity index (χ1n) is 9.27. The number of hydrogen-bond acceptors (Lipinski definition) is 4. The second-order valence-electron chi connectivity index (χ2n) is 6.78. The van der Waals surface area contributed by atoms with E-state index in [1.165, 1.54) is 57.8 Å². The molecule has 0 aromatic heterocycles. The highest BCUT2D eigenvalue weighted by Crippen LogP contribution is 2.18. The molecule has 0 aliphatic carbocycles. The maximum absolute atomic E-state index is 9.99. The second kappa shape index (κ2) is 14.4. The zero-order valence-corrected chi connectivity index (χ0v) is 14.7. The molecule has 4 heteroatoms. The highest BCUT2D eigenvalue weighted by atomic mass is 16.3. The Morgan fingerprint density at radius 2 is 1.23 bits per heavy atom. The Labute approximate surface area is 137 Å². The van der Waals surface area contributed by atoms with Gasteiger partial charge in [0.05, 0.1) is 24.9 Å². The molecule has 134 valence electrons. The van der Waals surface area contributed by atoms with Crippen molar-refractivity contribution in [3.05, 3.63) is 0 Å². The average molecular weight is 318 g/mol. The fourth-order valence-electron chi connectivity index (χ4n) is 2.82. The molecule has 0 aliphatic heterocycles. The van der Waals surface area contributed by atoms with Gasteiger partial charge in [0, 0.05) is 0 Å². The topological polar surface area (TPSA) is 86.7 Å². The van der Waals surface area contributed by atoms with Crippen LogP contribution in [0.1, 0.15) is 84.5 Å². The van der Waals surface area contributed by atoms with Crippen LogP contribution in [0.25, 0.3) is 0 Å². The van der Waals surface area contributed by atoms with Gasteiger partial charge in [-0.05, 0) is 12.3 Å². The summed E-state index contributed by atoms with van der Waals surface area (Å²) in [5.74, 6) is 0.0154. The Balaban J connectivity index is 3.50. The summed E-state index contributed by atoms with van der Waals surface area (Å²) in [7, 11) is 0. The lowest BCUT2D eigenvalue weighted by atomic mass is 9.91. The molecule has 4 atom stereocenters. The van der Waals surface area contributed by atoms with Crippen LogP contribution in [0.2, 0.25) is 0 Å². The van der Waals surface area contributed by atoms with Crippen molar-refractivity contribution in [1.82, 2.24) is 0 Å². The molecule has 0 saturated carbocycles. The van der Waals surface area contributed by atoms with Crippen molar-refractivity contribution in [2.75, 3.05) is 6.61 Å².